The molecule has 2 unspecified atom stereocenters. The average Bonchev–Trinajstić information content (AvgIpc) is 2.46. The van der Waals surface area contributed by atoms with E-state index in [2.05, 4.69) is 6.92 Å². The molecule has 1 fully saturated rings. The third kappa shape index (κ3) is 1.91. The van der Waals surface area contributed by atoms with Crippen LogP contribution in [0.1, 0.15) is 37.3 Å². The lowest BCUT2D eigenvalue weighted by molar-refractivity contribution is 0.437. The molecule has 0 amide bonds. The molecule has 0 heterocycles. The van der Waals surface area contributed by atoms with Crippen molar-refractivity contribution in [3.63, 3.8) is 0 Å². The quantitative estimate of drug-likeness (QED) is 0.752. The molecule has 1 aromatic rings. The van der Waals surface area contributed by atoms with Crippen LogP contribution in [0.4, 0.5) is 4.39 Å². The highest BCUT2D eigenvalue weighted by molar-refractivity contribution is 5.34. The molecular formula is C13H18FN. The summed E-state index contributed by atoms with van der Waals surface area (Å²) in [6.07, 6.45) is 3.20. The summed E-state index contributed by atoms with van der Waals surface area (Å²) < 4.78 is 13.0. The molecular weight excluding hydrogens is 189 g/mol. The van der Waals surface area contributed by atoms with E-state index in [9.17, 15) is 4.39 Å². The van der Waals surface area contributed by atoms with E-state index < -0.39 is 0 Å². The van der Waals surface area contributed by atoms with Gasteiger partial charge in [-0.25, -0.2) is 4.39 Å². The molecule has 0 spiro atoms. The van der Waals surface area contributed by atoms with Gasteiger partial charge < -0.3 is 5.73 Å². The molecule has 1 saturated carbocycles. The molecule has 1 aromatic carbocycles. The number of hydrogen-bond donors (Lipinski definition) is 1. The number of rotatable bonds is 1. The summed E-state index contributed by atoms with van der Waals surface area (Å²) in [4.78, 5) is 0. The number of nitrogens with two attached hydrogens (primary N) is 1. The molecule has 1 aliphatic rings. The zero-order chi connectivity index (χ0) is 11.1. The Bertz CT molecular complexity index is 375. The Balaban J connectivity index is 2.37. The lowest BCUT2D eigenvalue weighted by Gasteiger charge is -2.26. The number of aryl methyl sites for hydroxylation is 1. The van der Waals surface area contributed by atoms with Gasteiger partial charge >= 0.3 is 0 Å². The zero-order valence-corrected chi connectivity index (χ0v) is 9.39. The van der Waals surface area contributed by atoms with Crippen molar-refractivity contribution in [2.75, 3.05) is 0 Å². The van der Waals surface area contributed by atoms with Crippen LogP contribution in [0, 0.1) is 18.7 Å². The van der Waals surface area contributed by atoms with Gasteiger partial charge in [-0.05, 0) is 55.4 Å². The molecule has 82 valence electrons. The van der Waals surface area contributed by atoms with E-state index in [0.29, 0.717) is 5.92 Å². The largest absolute Gasteiger partial charge is 0.321 e. The summed E-state index contributed by atoms with van der Waals surface area (Å²) in [6, 6.07) is 4.94. The Morgan fingerprint density at radius 1 is 1.47 bits per heavy atom. The first-order chi connectivity index (χ1) is 7.01. The molecule has 0 bridgehead atoms. The second-order valence-corrected chi connectivity index (χ2v) is 4.96. The van der Waals surface area contributed by atoms with Gasteiger partial charge in [0.15, 0.2) is 0 Å². The number of halogens is 1. The van der Waals surface area contributed by atoms with Crippen molar-refractivity contribution in [1.82, 2.24) is 0 Å². The molecule has 0 aliphatic heterocycles. The summed E-state index contributed by atoms with van der Waals surface area (Å²) in [6.45, 7) is 4.17. The maximum atomic E-state index is 13.0. The minimum atomic E-state index is -0.225. The van der Waals surface area contributed by atoms with Gasteiger partial charge in [-0.2, -0.15) is 0 Å². The Morgan fingerprint density at radius 3 is 2.73 bits per heavy atom. The van der Waals surface area contributed by atoms with Gasteiger partial charge in [0.05, 0.1) is 0 Å². The minimum absolute atomic E-state index is 0.175. The number of hydrogen-bond acceptors (Lipinski definition) is 1. The van der Waals surface area contributed by atoms with Crippen LogP contribution in [0.2, 0.25) is 0 Å². The molecule has 2 atom stereocenters. The second-order valence-electron chi connectivity index (χ2n) is 4.96. The maximum absolute atomic E-state index is 13.0. The van der Waals surface area contributed by atoms with Crippen molar-refractivity contribution in [2.24, 2.45) is 11.7 Å². The predicted molar refractivity (Wildman–Crippen MR) is 60.0 cm³/mol. The Hall–Kier alpha value is -0.890. The van der Waals surface area contributed by atoms with Crippen LogP contribution in [0.5, 0.6) is 0 Å². The minimum Gasteiger partial charge on any atom is -0.321 e. The number of benzene rings is 1. The SMILES string of the molecule is Cc1cc(F)ccc1C1(N)CCC(C)C1. The van der Waals surface area contributed by atoms with Crippen molar-refractivity contribution in [3.8, 4) is 0 Å². The fraction of sp³-hybridized carbons (Fsp3) is 0.538. The van der Waals surface area contributed by atoms with Crippen LogP contribution in [0.3, 0.4) is 0 Å². The first-order valence-corrected chi connectivity index (χ1v) is 5.57. The summed E-state index contributed by atoms with van der Waals surface area (Å²) in [5.41, 5.74) is 8.27. The van der Waals surface area contributed by atoms with Gasteiger partial charge in [0, 0.05) is 5.54 Å². The van der Waals surface area contributed by atoms with Crippen molar-refractivity contribution in [1.29, 1.82) is 0 Å². The van der Waals surface area contributed by atoms with Crippen LogP contribution < -0.4 is 5.73 Å². The highest BCUT2D eigenvalue weighted by atomic mass is 19.1. The molecule has 15 heavy (non-hydrogen) atoms. The van der Waals surface area contributed by atoms with E-state index >= 15 is 0 Å². The van der Waals surface area contributed by atoms with E-state index in [1.165, 1.54) is 12.5 Å². The molecule has 1 aliphatic carbocycles. The fourth-order valence-electron chi connectivity index (χ4n) is 2.76. The van der Waals surface area contributed by atoms with Crippen LogP contribution in [-0.4, -0.2) is 0 Å². The standard InChI is InChI=1S/C13H18FN/c1-9-5-6-13(15,8-9)12-4-3-11(14)7-10(12)2/h3-4,7,9H,5-6,8,15H2,1-2H3. The third-order valence-electron chi connectivity index (χ3n) is 3.52. The van der Waals surface area contributed by atoms with E-state index in [0.717, 1.165) is 24.0 Å². The summed E-state index contributed by atoms with van der Waals surface area (Å²) >= 11 is 0. The van der Waals surface area contributed by atoms with E-state index in [4.69, 9.17) is 5.73 Å². The van der Waals surface area contributed by atoms with Gasteiger partial charge in [0.25, 0.3) is 0 Å². The van der Waals surface area contributed by atoms with Crippen LogP contribution >= 0.6 is 0 Å². The topological polar surface area (TPSA) is 26.0 Å². The summed E-state index contributed by atoms with van der Waals surface area (Å²) in [5, 5.41) is 0. The van der Waals surface area contributed by atoms with Gasteiger partial charge in [-0.15, -0.1) is 0 Å². The lowest BCUT2D eigenvalue weighted by Crippen LogP contribution is -2.34. The molecule has 0 saturated heterocycles. The Labute approximate surface area is 90.5 Å². The van der Waals surface area contributed by atoms with E-state index in [1.807, 2.05) is 13.0 Å². The summed E-state index contributed by atoms with van der Waals surface area (Å²) in [5.74, 6) is 0.505. The van der Waals surface area contributed by atoms with E-state index in [-0.39, 0.29) is 11.4 Å². The molecule has 0 aromatic heterocycles. The van der Waals surface area contributed by atoms with Gasteiger partial charge in [0.2, 0.25) is 0 Å². The van der Waals surface area contributed by atoms with Gasteiger partial charge in [-0.3, -0.25) is 0 Å². The van der Waals surface area contributed by atoms with Crippen molar-refractivity contribution >= 4 is 0 Å². The van der Waals surface area contributed by atoms with Crippen molar-refractivity contribution in [3.05, 3.63) is 35.1 Å². The molecule has 2 N–H and O–H groups in total. The van der Waals surface area contributed by atoms with Crippen LogP contribution in [-0.2, 0) is 5.54 Å². The molecule has 0 radical (unpaired) electrons. The van der Waals surface area contributed by atoms with Gasteiger partial charge in [-0.1, -0.05) is 13.0 Å². The third-order valence-corrected chi connectivity index (χ3v) is 3.52. The normalized spacial score (nSPS) is 30.8. The maximum Gasteiger partial charge on any atom is 0.123 e. The smallest absolute Gasteiger partial charge is 0.123 e. The second kappa shape index (κ2) is 3.60. The monoisotopic (exact) mass is 207 g/mol. The zero-order valence-electron chi connectivity index (χ0n) is 9.39. The van der Waals surface area contributed by atoms with E-state index in [1.54, 1.807) is 6.07 Å². The lowest BCUT2D eigenvalue weighted by atomic mass is 9.85. The summed E-state index contributed by atoms with van der Waals surface area (Å²) in [7, 11) is 0. The highest BCUT2D eigenvalue weighted by Crippen LogP contribution is 2.40. The van der Waals surface area contributed by atoms with Crippen molar-refractivity contribution in [2.45, 2.75) is 38.6 Å². The van der Waals surface area contributed by atoms with Gasteiger partial charge in [0.1, 0.15) is 5.82 Å². The molecule has 1 nitrogen and oxygen atoms in total. The first-order valence-electron chi connectivity index (χ1n) is 5.57. The Kier molecular flexibility index (Phi) is 2.55. The fourth-order valence-corrected chi connectivity index (χ4v) is 2.76. The molecule has 2 rings (SSSR count). The average molecular weight is 207 g/mol. The van der Waals surface area contributed by atoms with Crippen LogP contribution in [0.25, 0.3) is 0 Å². The van der Waals surface area contributed by atoms with Crippen molar-refractivity contribution < 1.29 is 4.39 Å². The van der Waals surface area contributed by atoms with Crippen LogP contribution in [0.15, 0.2) is 18.2 Å². The molecule has 2 heteroatoms. The predicted octanol–water partition coefficient (Wildman–Crippen LogP) is 3.11. The first kappa shape index (κ1) is 10.6. The Morgan fingerprint density at radius 2 is 2.20 bits per heavy atom. The highest BCUT2D eigenvalue weighted by Gasteiger charge is 2.36.